The van der Waals surface area contributed by atoms with Gasteiger partial charge in [-0.15, -0.1) is 0 Å². The summed E-state index contributed by atoms with van der Waals surface area (Å²) in [5, 5.41) is 14.9. The molecule has 0 radical (unpaired) electrons. The standard InChI is InChI=1S/C29H31ClN2O7/c1-6-15(2)39-29(34)26-16(3)31-21-11-19(17-8-10-24(37-4)25(14-17)38-5)13-23(33)28(21)27(26)18-7-9-20(30)22(12-18)32(35)36/h7-10,12,14-15,19,27,31H,6,11,13H2,1-5H3/t15-,19+,27+/m0/s1. The molecule has 2 aromatic carbocycles. The van der Waals surface area contributed by atoms with E-state index in [1.54, 1.807) is 40.2 Å². The first-order chi connectivity index (χ1) is 18.6. The Morgan fingerprint density at radius 1 is 1.13 bits per heavy atom. The topological polar surface area (TPSA) is 117 Å². The number of halogens is 1. The van der Waals surface area contributed by atoms with E-state index in [9.17, 15) is 19.7 Å². The van der Waals surface area contributed by atoms with Crippen LogP contribution in [0.5, 0.6) is 11.5 Å². The molecule has 2 aromatic rings. The fourth-order valence-corrected chi connectivity index (χ4v) is 5.35. The highest BCUT2D eigenvalue weighted by Crippen LogP contribution is 2.47. The maximum absolute atomic E-state index is 13.8. The Bertz CT molecular complexity index is 1400. The van der Waals surface area contributed by atoms with E-state index < -0.39 is 16.8 Å². The van der Waals surface area contributed by atoms with E-state index in [1.165, 1.54) is 12.1 Å². The third kappa shape index (κ3) is 5.49. The Morgan fingerprint density at radius 3 is 2.46 bits per heavy atom. The fourth-order valence-electron chi connectivity index (χ4n) is 5.16. The van der Waals surface area contributed by atoms with Crippen molar-refractivity contribution < 1.29 is 28.7 Å². The van der Waals surface area contributed by atoms with Crippen molar-refractivity contribution in [3.63, 3.8) is 0 Å². The molecule has 4 rings (SSSR count). The molecule has 0 bridgehead atoms. The molecule has 39 heavy (non-hydrogen) atoms. The lowest BCUT2D eigenvalue weighted by molar-refractivity contribution is -0.384. The smallest absolute Gasteiger partial charge is 0.337 e. The van der Waals surface area contributed by atoms with Crippen molar-refractivity contribution in [2.45, 2.75) is 58.0 Å². The SMILES string of the molecule is CC[C@H](C)OC(=O)C1=C(C)NC2=C(C(=O)C[C@H](c3ccc(OC)c(OC)c3)C2)[C@@H]1c1ccc(Cl)c([N+](=O)[O-])c1. The van der Waals surface area contributed by atoms with E-state index in [1.807, 2.05) is 19.1 Å². The van der Waals surface area contributed by atoms with E-state index in [-0.39, 0.29) is 40.5 Å². The zero-order chi connectivity index (χ0) is 28.4. The Kier molecular flexibility index (Phi) is 8.30. The van der Waals surface area contributed by atoms with Crippen molar-refractivity contribution >= 4 is 29.0 Å². The van der Waals surface area contributed by atoms with Gasteiger partial charge in [-0.2, -0.15) is 0 Å². The van der Waals surface area contributed by atoms with Crippen LogP contribution in [0.4, 0.5) is 5.69 Å². The number of carbonyl (C=O) groups is 2. The summed E-state index contributed by atoms with van der Waals surface area (Å²) < 4.78 is 16.5. The number of nitrogens with zero attached hydrogens (tertiary/aromatic N) is 1. The van der Waals surface area contributed by atoms with Crippen molar-refractivity contribution in [2.24, 2.45) is 0 Å². The van der Waals surface area contributed by atoms with Crippen molar-refractivity contribution in [3.8, 4) is 11.5 Å². The molecule has 0 saturated carbocycles. The van der Waals surface area contributed by atoms with Gasteiger partial charge in [0.15, 0.2) is 17.3 Å². The summed E-state index contributed by atoms with van der Waals surface area (Å²) in [6.07, 6.45) is 0.954. The molecular weight excluding hydrogens is 524 g/mol. The molecule has 1 aliphatic heterocycles. The normalized spacial score (nSPS) is 19.7. The lowest BCUT2D eigenvalue weighted by Crippen LogP contribution is -2.36. The molecule has 10 heteroatoms. The Labute approximate surface area is 231 Å². The summed E-state index contributed by atoms with van der Waals surface area (Å²) in [6, 6.07) is 9.95. The number of dihydropyridines is 1. The first-order valence-electron chi connectivity index (χ1n) is 12.7. The van der Waals surface area contributed by atoms with Crippen LogP contribution >= 0.6 is 11.6 Å². The number of ketones is 1. The van der Waals surface area contributed by atoms with Gasteiger partial charge >= 0.3 is 5.97 Å². The molecule has 206 valence electrons. The predicted molar refractivity (Wildman–Crippen MR) is 146 cm³/mol. The minimum atomic E-state index is -0.840. The van der Waals surface area contributed by atoms with Crippen LogP contribution in [0.2, 0.25) is 5.02 Å². The van der Waals surface area contributed by atoms with Gasteiger partial charge in [-0.3, -0.25) is 14.9 Å². The van der Waals surface area contributed by atoms with Crippen LogP contribution in [0.3, 0.4) is 0 Å². The van der Waals surface area contributed by atoms with Gasteiger partial charge < -0.3 is 19.5 Å². The van der Waals surface area contributed by atoms with Crippen LogP contribution < -0.4 is 14.8 Å². The van der Waals surface area contributed by atoms with Crippen molar-refractivity contribution in [1.82, 2.24) is 5.32 Å². The Hall–Kier alpha value is -3.85. The van der Waals surface area contributed by atoms with Crippen LogP contribution in [0.25, 0.3) is 0 Å². The highest BCUT2D eigenvalue weighted by molar-refractivity contribution is 6.32. The van der Waals surface area contributed by atoms with Crippen LogP contribution in [-0.4, -0.2) is 37.0 Å². The van der Waals surface area contributed by atoms with Gasteiger partial charge in [0.1, 0.15) is 5.02 Å². The summed E-state index contributed by atoms with van der Waals surface area (Å²) in [6.45, 7) is 5.44. The summed E-state index contributed by atoms with van der Waals surface area (Å²) in [5.74, 6) is -0.563. The molecule has 0 unspecified atom stereocenters. The molecule has 0 spiro atoms. The summed E-state index contributed by atoms with van der Waals surface area (Å²) in [4.78, 5) is 38.3. The van der Waals surface area contributed by atoms with Crippen LogP contribution in [0.15, 0.2) is 58.9 Å². The van der Waals surface area contributed by atoms with Crippen LogP contribution in [0, 0.1) is 10.1 Å². The summed E-state index contributed by atoms with van der Waals surface area (Å²) >= 11 is 6.09. The third-order valence-corrected chi connectivity index (χ3v) is 7.63. The molecule has 3 atom stereocenters. The maximum Gasteiger partial charge on any atom is 0.337 e. The molecular formula is C29H31ClN2O7. The number of hydrogen-bond acceptors (Lipinski definition) is 8. The zero-order valence-electron chi connectivity index (χ0n) is 22.5. The number of nitro benzene ring substituents is 1. The zero-order valence-corrected chi connectivity index (χ0v) is 23.3. The third-order valence-electron chi connectivity index (χ3n) is 7.31. The second-order valence-electron chi connectivity index (χ2n) is 9.72. The highest BCUT2D eigenvalue weighted by Gasteiger charge is 2.42. The van der Waals surface area contributed by atoms with Gasteiger partial charge in [-0.05, 0) is 61.9 Å². The van der Waals surface area contributed by atoms with Gasteiger partial charge in [0.05, 0.1) is 30.8 Å². The summed E-state index contributed by atoms with van der Waals surface area (Å²) in [5.41, 5.74) is 2.91. The molecule has 1 heterocycles. The second kappa shape index (κ2) is 11.5. The number of carbonyl (C=O) groups excluding carboxylic acids is 2. The Morgan fingerprint density at radius 2 is 1.82 bits per heavy atom. The van der Waals surface area contributed by atoms with E-state index >= 15 is 0 Å². The Balaban J connectivity index is 1.82. The number of nitro groups is 1. The summed E-state index contributed by atoms with van der Waals surface area (Å²) in [7, 11) is 3.12. The fraction of sp³-hybridized carbons (Fsp3) is 0.379. The molecule has 0 aromatic heterocycles. The molecule has 0 saturated heterocycles. The number of esters is 1. The molecule has 2 aliphatic rings. The average molecular weight is 555 g/mol. The number of allylic oxidation sites excluding steroid dienone is 3. The lowest BCUT2D eigenvalue weighted by atomic mass is 9.71. The quantitative estimate of drug-likeness (QED) is 0.241. The van der Waals surface area contributed by atoms with Crippen molar-refractivity contribution in [2.75, 3.05) is 14.2 Å². The van der Waals surface area contributed by atoms with Gasteiger partial charge in [-0.1, -0.05) is 30.7 Å². The first-order valence-corrected chi connectivity index (χ1v) is 13.1. The molecule has 1 N–H and O–H groups in total. The molecule has 0 fully saturated rings. The maximum atomic E-state index is 13.8. The number of benzene rings is 2. The first kappa shape index (κ1) is 28.2. The molecule has 0 amide bonds. The number of rotatable bonds is 8. The van der Waals surface area contributed by atoms with Gasteiger partial charge in [0.2, 0.25) is 0 Å². The van der Waals surface area contributed by atoms with Gasteiger partial charge in [0, 0.05) is 35.4 Å². The van der Waals surface area contributed by atoms with Gasteiger partial charge in [0.25, 0.3) is 5.69 Å². The minimum Gasteiger partial charge on any atom is -0.493 e. The van der Waals surface area contributed by atoms with E-state index in [0.29, 0.717) is 46.9 Å². The molecule has 9 nitrogen and oxygen atoms in total. The van der Waals surface area contributed by atoms with Crippen molar-refractivity contribution in [3.05, 3.63) is 85.2 Å². The number of nitrogens with one attached hydrogen (secondary N) is 1. The van der Waals surface area contributed by atoms with Crippen LogP contribution in [-0.2, 0) is 14.3 Å². The number of Topliss-reactive ketones (excluding diaryl/α,β-unsaturated/α-hetero) is 1. The lowest BCUT2D eigenvalue weighted by Gasteiger charge is -2.37. The van der Waals surface area contributed by atoms with Gasteiger partial charge in [-0.25, -0.2) is 4.79 Å². The number of hydrogen-bond donors (Lipinski definition) is 1. The van der Waals surface area contributed by atoms with E-state index in [4.69, 9.17) is 25.8 Å². The van der Waals surface area contributed by atoms with Crippen LogP contribution in [0.1, 0.15) is 63.0 Å². The largest absolute Gasteiger partial charge is 0.493 e. The number of methoxy groups -OCH3 is 2. The predicted octanol–water partition coefficient (Wildman–Crippen LogP) is 5.97. The van der Waals surface area contributed by atoms with E-state index in [0.717, 1.165) is 5.56 Å². The second-order valence-corrected chi connectivity index (χ2v) is 10.1. The average Bonchev–Trinajstić information content (AvgIpc) is 2.91. The monoisotopic (exact) mass is 554 g/mol. The van der Waals surface area contributed by atoms with Crippen molar-refractivity contribution in [1.29, 1.82) is 0 Å². The van der Waals surface area contributed by atoms with E-state index in [2.05, 4.69) is 5.32 Å². The number of ether oxygens (including phenoxy) is 3. The highest BCUT2D eigenvalue weighted by atomic mass is 35.5. The molecule has 1 aliphatic carbocycles. The minimum absolute atomic E-state index is 0.0280.